The van der Waals surface area contributed by atoms with E-state index in [-0.39, 0.29) is 42.5 Å². The van der Waals surface area contributed by atoms with Gasteiger partial charge in [-0.15, -0.1) is 0 Å². The Morgan fingerprint density at radius 1 is 1.34 bits per heavy atom. The molecule has 0 aliphatic carbocycles. The van der Waals surface area contributed by atoms with Crippen molar-refractivity contribution in [2.24, 2.45) is 5.92 Å². The number of rotatable bonds is 7. The smallest absolute Gasteiger partial charge is 0.321 e. The van der Waals surface area contributed by atoms with E-state index in [1.807, 2.05) is 38.1 Å². The number of amides is 3. The molecule has 0 saturated heterocycles. The first-order chi connectivity index (χ1) is 18.1. The zero-order valence-corrected chi connectivity index (χ0v) is 22.9. The zero-order valence-electron chi connectivity index (χ0n) is 22.9. The molecule has 3 atom stereocenters. The number of aliphatic hydroxyl groups excluding tert-OH is 1. The Morgan fingerprint density at radius 3 is 2.76 bits per heavy atom. The standard InChI is InChI=1S/C28H37N5O5/c1-19-16-33(20(2)18-34)27(35)22-14-21(10-9-13-31(3)4)15-29-26(22)38-25(19)17-32(5)28(36)30-23-11-7-8-12-24(23)37-6/h7-8,11-12,14-15,19-20,25,34H,13,16-18H2,1-6H3,(H,30,36)/t19-,20-,25-/m0/s1. The highest BCUT2D eigenvalue weighted by atomic mass is 16.5. The van der Waals surface area contributed by atoms with E-state index in [9.17, 15) is 14.7 Å². The molecule has 0 spiro atoms. The molecule has 38 heavy (non-hydrogen) atoms. The average molecular weight is 524 g/mol. The van der Waals surface area contributed by atoms with Crippen LogP contribution in [0.25, 0.3) is 0 Å². The fourth-order valence-electron chi connectivity index (χ4n) is 4.00. The summed E-state index contributed by atoms with van der Waals surface area (Å²) in [5.74, 6) is 6.38. The highest BCUT2D eigenvalue weighted by Gasteiger charge is 2.34. The van der Waals surface area contributed by atoms with Crippen LogP contribution in [0.15, 0.2) is 36.5 Å². The molecule has 10 heteroatoms. The normalized spacial score (nSPS) is 17.8. The summed E-state index contributed by atoms with van der Waals surface area (Å²) in [6.07, 6.45) is 1.11. The number of anilines is 1. The van der Waals surface area contributed by atoms with Gasteiger partial charge in [0.2, 0.25) is 5.88 Å². The number of carbonyl (C=O) groups is 2. The van der Waals surface area contributed by atoms with Crippen molar-refractivity contribution in [3.8, 4) is 23.5 Å². The molecule has 204 valence electrons. The number of urea groups is 1. The lowest BCUT2D eigenvalue weighted by Crippen LogP contribution is -2.50. The Balaban J connectivity index is 1.87. The minimum absolute atomic E-state index is 0.163. The van der Waals surface area contributed by atoms with Gasteiger partial charge >= 0.3 is 6.03 Å². The molecule has 0 saturated carbocycles. The molecule has 10 nitrogen and oxygen atoms in total. The zero-order chi connectivity index (χ0) is 27.8. The second-order valence-electron chi connectivity index (χ2n) is 9.75. The third-order valence-electron chi connectivity index (χ3n) is 6.30. The van der Waals surface area contributed by atoms with Crippen molar-refractivity contribution in [1.82, 2.24) is 19.7 Å². The molecular weight excluding hydrogens is 486 g/mol. The molecule has 0 bridgehead atoms. The molecular formula is C28H37N5O5. The van der Waals surface area contributed by atoms with E-state index in [1.54, 1.807) is 50.4 Å². The van der Waals surface area contributed by atoms with Crippen molar-refractivity contribution in [1.29, 1.82) is 0 Å². The number of pyridine rings is 1. The lowest BCUT2D eigenvalue weighted by Gasteiger charge is -2.37. The number of nitrogens with zero attached hydrogens (tertiary/aromatic N) is 4. The quantitative estimate of drug-likeness (QED) is 0.537. The van der Waals surface area contributed by atoms with Crippen LogP contribution in [0.2, 0.25) is 0 Å². The first kappa shape index (κ1) is 28.8. The fraction of sp³-hybridized carbons (Fsp3) is 0.464. The van der Waals surface area contributed by atoms with Gasteiger partial charge in [-0.25, -0.2) is 9.78 Å². The highest BCUT2D eigenvalue weighted by Crippen LogP contribution is 2.28. The van der Waals surface area contributed by atoms with Gasteiger partial charge in [0.05, 0.1) is 38.5 Å². The molecule has 2 N–H and O–H groups in total. The molecule has 0 fully saturated rings. The summed E-state index contributed by atoms with van der Waals surface area (Å²) in [5, 5.41) is 12.7. The van der Waals surface area contributed by atoms with Crippen molar-refractivity contribution in [2.45, 2.75) is 26.0 Å². The monoisotopic (exact) mass is 523 g/mol. The number of likely N-dealkylation sites (N-methyl/N-ethyl adjacent to an activating group) is 1. The lowest BCUT2D eigenvalue weighted by atomic mass is 10.00. The molecule has 3 amide bonds. The first-order valence-electron chi connectivity index (χ1n) is 12.5. The largest absolute Gasteiger partial charge is 0.495 e. The molecule has 2 heterocycles. The van der Waals surface area contributed by atoms with Gasteiger partial charge in [-0.05, 0) is 39.2 Å². The Labute approximate surface area is 224 Å². The van der Waals surface area contributed by atoms with Gasteiger partial charge in [-0.1, -0.05) is 30.9 Å². The van der Waals surface area contributed by atoms with Gasteiger partial charge in [0, 0.05) is 31.3 Å². The highest BCUT2D eigenvalue weighted by molar-refractivity contribution is 5.97. The van der Waals surface area contributed by atoms with E-state index in [2.05, 4.69) is 22.1 Å². The van der Waals surface area contributed by atoms with Crippen molar-refractivity contribution < 1.29 is 24.2 Å². The number of aromatic nitrogens is 1. The molecule has 1 aromatic carbocycles. The van der Waals surface area contributed by atoms with E-state index in [0.29, 0.717) is 30.1 Å². The topological polar surface area (TPSA) is 107 Å². The number of para-hydroxylation sites is 2. The van der Waals surface area contributed by atoms with Gasteiger partial charge in [0.1, 0.15) is 17.4 Å². The maximum atomic E-state index is 13.5. The van der Waals surface area contributed by atoms with Crippen molar-refractivity contribution >= 4 is 17.6 Å². The van der Waals surface area contributed by atoms with Gasteiger partial charge in [-0.3, -0.25) is 9.69 Å². The van der Waals surface area contributed by atoms with E-state index in [1.165, 1.54) is 4.90 Å². The van der Waals surface area contributed by atoms with Crippen molar-refractivity contribution in [2.75, 3.05) is 59.8 Å². The maximum absolute atomic E-state index is 13.5. The number of hydrogen-bond donors (Lipinski definition) is 2. The van der Waals surface area contributed by atoms with E-state index >= 15 is 0 Å². The number of nitrogens with one attached hydrogen (secondary N) is 1. The van der Waals surface area contributed by atoms with Crippen molar-refractivity contribution in [3.05, 3.63) is 47.7 Å². The Bertz CT molecular complexity index is 1190. The fourth-order valence-corrected chi connectivity index (χ4v) is 4.00. The minimum atomic E-state index is -0.471. The Morgan fingerprint density at radius 2 is 2.08 bits per heavy atom. The second kappa shape index (κ2) is 13.1. The average Bonchev–Trinajstić information content (AvgIpc) is 2.90. The number of fused-ring (bicyclic) bond motifs is 1. The molecule has 0 radical (unpaired) electrons. The predicted molar refractivity (Wildman–Crippen MR) is 145 cm³/mol. The van der Waals surface area contributed by atoms with Crippen LogP contribution in [0.4, 0.5) is 10.5 Å². The number of aliphatic hydroxyl groups is 1. The van der Waals surface area contributed by atoms with Gasteiger partial charge in [0.15, 0.2) is 0 Å². The van der Waals surface area contributed by atoms with Crippen LogP contribution in [-0.2, 0) is 0 Å². The van der Waals surface area contributed by atoms with Crippen LogP contribution in [0, 0.1) is 17.8 Å². The van der Waals surface area contributed by atoms with Gasteiger partial charge < -0.3 is 29.7 Å². The maximum Gasteiger partial charge on any atom is 0.321 e. The Kier molecular flexibility index (Phi) is 9.93. The van der Waals surface area contributed by atoms with Crippen LogP contribution in [-0.4, -0.2) is 103 Å². The first-order valence-corrected chi connectivity index (χ1v) is 12.5. The molecule has 3 rings (SSSR count). The second-order valence-corrected chi connectivity index (χ2v) is 9.75. The van der Waals surface area contributed by atoms with Crippen LogP contribution < -0.4 is 14.8 Å². The molecule has 1 aliphatic rings. The number of hydrogen-bond acceptors (Lipinski definition) is 7. The third-order valence-corrected chi connectivity index (χ3v) is 6.30. The van der Waals surface area contributed by atoms with Crippen LogP contribution in [0.5, 0.6) is 11.6 Å². The predicted octanol–water partition coefficient (Wildman–Crippen LogP) is 2.39. The van der Waals surface area contributed by atoms with Crippen LogP contribution >= 0.6 is 0 Å². The third kappa shape index (κ3) is 7.15. The van der Waals surface area contributed by atoms with E-state index in [4.69, 9.17) is 9.47 Å². The summed E-state index contributed by atoms with van der Waals surface area (Å²) in [6, 6.07) is 8.11. The number of methoxy groups -OCH3 is 1. The summed E-state index contributed by atoms with van der Waals surface area (Å²) in [7, 11) is 7.07. The van der Waals surface area contributed by atoms with Gasteiger partial charge in [0.25, 0.3) is 5.91 Å². The molecule has 1 aromatic heterocycles. The van der Waals surface area contributed by atoms with Crippen LogP contribution in [0.3, 0.4) is 0 Å². The van der Waals surface area contributed by atoms with E-state index < -0.39 is 12.1 Å². The number of ether oxygens (including phenoxy) is 2. The minimum Gasteiger partial charge on any atom is -0.495 e. The van der Waals surface area contributed by atoms with Crippen molar-refractivity contribution in [3.63, 3.8) is 0 Å². The molecule has 1 aliphatic heterocycles. The lowest BCUT2D eigenvalue weighted by molar-refractivity contribution is 0.0356. The number of benzene rings is 1. The summed E-state index contributed by atoms with van der Waals surface area (Å²) in [4.78, 5) is 36.1. The van der Waals surface area contributed by atoms with Crippen LogP contribution in [0.1, 0.15) is 29.8 Å². The summed E-state index contributed by atoms with van der Waals surface area (Å²) in [6.45, 7) is 4.70. The summed E-state index contributed by atoms with van der Waals surface area (Å²) < 4.78 is 11.6. The summed E-state index contributed by atoms with van der Waals surface area (Å²) >= 11 is 0. The molecule has 2 aromatic rings. The summed E-state index contributed by atoms with van der Waals surface area (Å²) in [5.41, 5.74) is 1.43. The Hall–Kier alpha value is -3.81. The van der Waals surface area contributed by atoms with E-state index in [0.717, 1.165) is 0 Å². The van der Waals surface area contributed by atoms with Gasteiger partial charge in [-0.2, -0.15) is 0 Å². The number of carbonyl (C=O) groups excluding carboxylic acids is 2. The molecule has 0 unspecified atom stereocenters. The SMILES string of the molecule is COc1ccccc1NC(=O)N(C)C[C@@H]1Oc2ncc(C#CCN(C)C)cc2C(=O)N([C@@H](C)CO)C[C@@H]1C.